The van der Waals surface area contributed by atoms with Gasteiger partial charge in [0.15, 0.2) is 23.0 Å². The Bertz CT molecular complexity index is 1820. The number of rotatable bonds is 14. The Kier molecular flexibility index (Phi) is 10.4. The van der Waals surface area contributed by atoms with Crippen molar-refractivity contribution in [1.29, 1.82) is 0 Å². The van der Waals surface area contributed by atoms with Crippen molar-refractivity contribution in [3.05, 3.63) is 101 Å². The predicted molar refractivity (Wildman–Crippen MR) is 180 cm³/mol. The summed E-state index contributed by atoms with van der Waals surface area (Å²) in [5.74, 6) is -0.0947. The van der Waals surface area contributed by atoms with Crippen LogP contribution in [0.4, 0.5) is 5.69 Å². The molecule has 0 bridgehead atoms. The number of aliphatic hydroxyl groups excluding tert-OH is 1. The molecule has 0 aliphatic carbocycles. The molecule has 4 aromatic rings. The average Bonchev–Trinajstić information content (AvgIpc) is 3.07. The van der Waals surface area contributed by atoms with Crippen molar-refractivity contribution in [1.82, 2.24) is 5.32 Å². The standard InChI is InChI=1S/C37H40N2O8/c1-46-34-17-22(4-12-32(34)43)3-10-30(41)29(31(42)11-5-23-16-33(44)37(45)35(18-23)47-2)15-24-13-14-38-36(19-24)39-27-8-6-26-21-28(40)9-7-25(26)20-27/h4,6-9,12-13,16-21,29-30,38-41,43-45H,3,5,10-11,14-15H2,1-2H3. The summed E-state index contributed by atoms with van der Waals surface area (Å²) in [5, 5.41) is 59.9. The van der Waals surface area contributed by atoms with Gasteiger partial charge in [0, 0.05) is 24.6 Å². The zero-order valence-corrected chi connectivity index (χ0v) is 26.4. The number of anilines is 1. The molecule has 10 heteroatoms. The number of carbonyl (C=O) groups is 1. The number of phenolic OH excluding ortho intramolecular Hbond substituents is 4. The Morgan fingerprint density at radius 2 is 1.60 bits per heavy atom. The van der Waals surface area contributed by atoms with Gasteiger partial charge >= 0.3 is 0 Å². The van der Waals surface area contributed by atoms with Crippen LogP contribution in [0.3, 0.4) is 0 Å². The van der Waals surface area contributed by atoms with Crippen molar-refractivity contribution < 1.29 is 39.8 Å². The second-order valence-electron chi connectivity index (χ2n) is 11.6. The molecule has 0 spiro atoms. The Labute approximate surface area is 273 Å². The SMILES string of the molecule is COc1cc(CCC(O)C(CC2=CCNC(Nc3ccc4cc(O)ccc4c3)=C2)C(=O)CCc2cc(O)c(O)c(OC)c2)ccc1O. The fraction of sp³-hybridized carbons (Fsp3) is 0.270. The Hall–Kier alpha value is -5.35. The lowest BCUT2D eigenvalue weighted by atomic mass is 9.84. The second-order valence-corrected chi connectivity index (χ2v) is 11.6. The van der Waals surface area contributed by atoms with Crippen LogP contribution in [0.5, 0.6) is 34.5 Å². The van der Waals surface area contributed by atoms with E-state index in [4.69, 9.17) is 9.47 Å². The van der Waals surface area contributed by atoms with E-state index in [0.717, 1.165) is 33.4 Å². The Morgan fingerprint density at radius 3 is 2.38 bits per heavy atom. The molecule has 1 aliphatic rings. The van der Waals surface area contributed by atoms with Crippen LogP contribution in [0.25, 0.3) is 10.8 Å². The van der Waals surface area contributed by atoms with E-state index in [-0.39, 0.29) is 47.4 Å². The molecule has 10 nitrogen and oxygen atoms in total. The van der Waals surface area contributed by atoms with E-state index >= 15 is 0 Å². The van der Waals surface area contributed by atoms with Gasteiger partial charge in [-0.3, -0.25) is 4.79 Å². The quantitative estimate of drug-likeness (QED) is 0.0857. The number of Topliss-reactive ketones (excluding diaryl/α,β-unsaturated/α-hetero) is 1. The highest BCUT2D eigenvalue weighted by Crippen LogP contribution is 2.37. The van der Waals surface area contributed by atoms with Gasteiger partial charge in [0.25, 0.3) is 0 Å². The Morgan fingerprint density at radius 1 is 0.851 bits per heavy atom. The minimum absolute atomic E-state index is 0.0267. The van der Waals surface area contributed by atoms with Crippen molar-refractivity contribution in [2.45, 2.75) is 38.2 Å². The fourth-order valence-corrected chi connectivity index (χ4v) is 5.79. The lowest BCUT2D eigenvalue weighted by Gasteiger charge is -2.25. The molecule has 1 aliphatic heterocycles. The number of hydrogen-bond acceptors (Lipinski definition) is 10. The number of ether oxygens (including phenoxy) is 2. The van der Waals surface area contributed by atoms with Crippen LogP contribution in [-0.4, -0.2) is 58.2 Å². The van der Waals surface area contributed by atoms with E-state index in [0.29, 0.717) is 37.1 Å². The van der Waals surface area contributed by atoms with Gasteiger partial charge in [-0.15, -0.1) is 0 Å². The largest absolute Gasteiger partial charge is 0.508 e. The number of nitrogens with one attached hydrogen (secondary N) is 2. The summed E-state index contributed by atoms with van der Waals surface area (Å²) in [6.45, 7) is 0.534. The van der Waals surface area contributed by atoms with Crippen molar-refractivity contribution in [3.8, 4) is 34.5 Å². The second kappa shape index (κ2) is 14.8. The smallest absolute Gasteiger partial charge is 0.200 e. The first-order chi connectivity index (χ1) is 22.6. The van der Waals surface area contributed by atoms with Gasteiger partial charge in [0.2, 0.25) is 5.75 Å². The van der Waals surface area contributed by atoms with E-state index in [1.54, 1.807) is 36.4 Å². The molecule has 0 radical (unpaired) electrons. The maximum Gasteiger partial charge on any atom is 0.200 e. The number of allylic oxidation sites excluding steroid dienone is 2. The number of dihydropyridines is 1. The molecule has 2 atom stereocenters. The van der Waals surface area contributed by atoms with E-state index in [1.165, 1.54) is 20.3 Å². The summed E-state index contributed by atoms with van der Waals surface area (Å²) in [7, 11) is 2.86. The molecule has 7 N–H and O–H groups in total. The molecule has 0 saturated heterocycles. The number of fused-ring (bicyclic) bond motifs is 1. The first kappa shape index (κ1) is 33.0. The van der Waals surface area contributed by atoms with Crippen molar-refractivity contribution in [2.24, 2.45) is 5.92 Å². The molecule has 0 fully saturated rings. The minimum atomic E-state index is -0.956. The zero-order chi connectivity index (χ0) is 33.5. The van der Waals surface area contributed by atoms with E-state index in [9.17, 15) is 30.3 Å². The number of ketones is 1. The third-order valence-corrected chi connectivity index (χ3v) is 8.39. The Balaban J connectivity index is 1.32. The van der Waals surface area contributed by atoms with Crippen molar-refractivity contribution in [3.63, 3.8) is 0 Å². The lowest BCUT2D eigenvalue weighted by molar-refractivity contribution is -0.126. The molecular weight excluding hydrogens is 600 g/mol. The normalized spacial score (nSPS) is 14.0. The van der Waals surface area contributed by atoms with Gasteiger partial charge in [0.05, 0.1) is 20.3 Å². The number of phenols is 4. The molecule has 246 valence electrons. The van der Waals surface area contributed by atoms with Crippen LogP contribution in [-0.2, 0) is 17.6 Å². The molecular formula is C37H40N2O8. The highest BCUT2D eigenvalue weighted by Gasteiger charge is 2.28. The van der Waals surface area contributed by atoms with Crippen molar-refractivity contribution >= 4 is 22.2 Å². The highest BCUT2D eigenvalue weighted by atomic mass is 16.5. The third kappa shape index (κ3) is 8.28. The number of carbonyl (C=O) groups excluding carboxylic acids is 1. The highest BCUT2D eigenvalue weighted by molar-refractivity contribution is 5.87. The summed E-state index contributed by atoms with van der Waals surface area (Å²) in [4.78, 5) is 13.8. The molecule has 2 unspecified atom stereocenters. The number of hydrogen-bond donors (Lipinski definition) is 7. The summed E-state index contributed by atoms with van der Waals surface area (Å²) in [6.07, 6.45) is 4.45. The van der Waals surface area contributed by atoms with Crippen LogP contribution < -0.4 is 20.1 Å². The van der Waals surface area contributed by atoms with E-state index in [1.807, 2.05) is 36.4 Å². The van der Waals surface area contributed by atoms with Gasteiger partial charge in [-0.1, -0.05) is 24.3 Å². The summed E-state index contributed by atoms with van der Waals surface area (Å²) >= 11 is 0. The first-order valence-corrected chi connectivity index (χ1v) is 15.4. The van der Waals surface area contributed by atoms with Crippen LogP contribution in [0.15, 0.2) is 90.3 Å². The van der Waals surface area contributed by atoms with Gasteiger partial charge in [-0.25, -0.2) is 0 Å². The molecule has 0 amide bonds. The van der Waals surface area contributed by atoms with Crippen LogP contribution in [0, 0.1) is 5.92 Å². The molecule has 4 aromatic carbocycles. The average molecular weight is 641 g/mol. The number of methoxy groups -OCH3 is 2. The number of aromatic hydroxyl groups is 4. The topological polar surface area (TPSA) is 161 Å². The maximum atomic E-state index is 13.8. The summed E-state index contributed by atoms with van der Waals surface area (Å²) in [6, 6.07) is 19.0. The zero-order valence-electron chi connectivity index (χ0n) is 26.4. The van der Waals surface area contributed by atoms with Gasteiger partial charge in [0.1, 0.15) is 17.4 Å². The third-order valence-electron chi connectivity index (χ3n) is 8.39. The lowest BCUT2D eigenvalue weighted by Crippen LogP contribution is -2.31. The molecule has 1 heterocycles. The van der Waals surface area contributed by atoms with Crippen molar-refractivity contribution in [2.75, 3.05) is 26.1 Å². The maximum absolute atomic E-state index is 13.8. The van der Waals surface area contributed by atoms with Crippen LogP contribution >= 0.6 is 0 Å². The van der Waals surface area contributed by atoms with Crippen LogP contribution in [0.1, 0.15) is 30.4 Å². The van der Waals surface area contributed by atoms with Gasteiger partial charge in [-0.05, 0) is 108 Å². The fourth-order valence-electron chi connectivity index (χ4n) is 5.79. The van der Waals surface area contributed by atoms with E-state index < -0.39 is 12.0 Å². The predicted octanol–water partition coefficient (Wildman–Crippen LogP) is 5.66. The van der Waals surface area contributed by atoms with Gasteiger partial charge < -0.3 is 45.6 Å². The number of aryl methyl sites for hydroxylation is 2. The first-order valence-electron chi connectivity index (χ1n) is 15.4. The molecule has 0 aromatic heterocycles. The number of aliphatic hydroxyl groups is 1. The van der Waals surface area contributed by atoms with E-state index in [2.05, 4.69) is 10.6 Å². The summed E-state index contributed by atoms with van der Waals surface area (Å²) < 4.78 is 10.4. The molecule has 0 saturated carbocycles. The molecule has 5 rings (SSSR count). The molecule has 47 heavy (non-hydrogen) atoms. The van der Waals surface area contributed by atoms with Gasteiger partial charge in [-0.2, -0.15) is 0 Å². The monoisotopic (exact) mass is 640 g/mol. The number of benzene rings is 4. The van der Waals surface area contributed by atoms with Crippen LogP contribution in [0.2, 0.25) is 0 Å². The summed E-state index contributed by atoms with van der Waals surface area (Å²) in [5.41, 5.74) is 3.22. The minimum Gasteiger partial charge on any atom is -0.508 e.